The molecular formula is C18H36Cl3O4P. The second-order valence-electron chi connectivity index (χ2n) is 6.35. The molecule has 26 heavy (non-hydrogen) atoms. The second kappa shape index (κ2) is 16.9. The Hall–Kier alpha value is 0.980. The molecule has 0 spiro atoms. The van der Waals surface area contributed by atoms with Gasteiger partial charge in [-0.3, -0.25) is 13.6 Å². The lowest BCUT2D eigenvalue weighted by atomic mass is 10.2. The number of phosphoric ester groups is 1. The van der Waals surface area contributed by atoms with Gasteiger partial charge in [0.05, 0.1) is 18.3 Å². The first-order valence-corrected chi connectivity index (χ1v) is 12.9. The first-order valence-electron chi connectivity index (χ1n) is 9.81. The third-order valence-electron chi connectivity index (χ3n) is 4.18. The SMILES string of the molecule is CCC(CCCCl)OP(=O)(OC(CC)CCCCl)OC(CC)CCCCl. The Labute approximate surface area is 175 Å². The van der Waals surface area contributed by atoms with Crippen molar-refractivity contribution < 1.29 is 18.1 Å². The Balaban J connectivity index is 5.16. The van der Waals surface area contributed by atoms with E-state index in [1.54, 1.807) is 0 Å². The average Bonchev–Trinajstić information content (AvgIpc) is 2.65. The van der Waals surface area contributed by atoms with Crippen LogP contribution in [0, 0.1) is 0 Å². The molecule has 3 unspecified atom stereocenters. The molecule has 0 fully saturated rings. The number of phosphoric acid groups is 1. The van der Waals surface area contributed by atoms with Crippen LogP contribution in [0.1, 0.15) is 78.6 Å². The van der Waals surface area contributed by atoms with Crippen molar-refractivity contribution in [2.24, 2.45) is 0 Å². The molecule has 0 radical (unpaired) electrons. The zero-order valence-electron chi connectivity index (χ0n) is 16.4. The van der Waals surface area contributed by atoms with E-state index in [1.165, 1.54) is 0 Å². The van der Waals surface area contributed by atoms with Crippen LogP contribution in [0.3, 0.4) is 0 Å². The molecule has 8 heteroatoms. The minimum absolute atomic E-state index is 0.198. The number of rotatable bonds is 18. The third-order valence-corrected chi connectivity index (χ3v) is 6.65. The molecule has 0 aromatic carbocycles. The smallest absolute Gasteiger partial charge is 0.284 e. The van der Waals surface area contributed by atoms with Crippen LogP contribution < -0.4 is 0 Å². The van der Waals surface area contributed by atoms with Gasteiger partial charge in [0.1, 0.15) is 0 Å². The minimum Gasteiger partial charge on any atom is -0.284 e. The molecule has 0 heterocycles. The molecule has 0 aliphatic carbocycles. The van der Waals surface area contributed by atoms with Gasteiger partial charge in [0.2, 0.25) is 0 Å². The summed E-state index contributed by atoms with van der Waals surface area (Å²) in [6.07, 6.45) is 6.17. The monoisotopic (exact) mass is 452 g/mol. The highest BCUT2D eigenvalue weighted by Crippen LogP contribution is 2.55. The van der Waals surface area contributed by atoms with Crippen molar-refractivity contribution in [2.45, 2.75) is 96.9 Å². The Bertz CT molecular complexity index is 322. The van der Waals surface area contributed by atoms with Gasteiger partial charge in [0.15, 0.2) is 0 Å². The molecule has 0 rings (SSSR count). The van der Waals surface area contributed by atoms with Gasteiger partial charge in [-0.2, -0.15) is 0 Å². The van der Waals surface area contributed by atoms with Gasteiger partial charge in [-0.1, -0.05) is 20.8 Å². The topological polar surface area (TPSA) is 44.8 Å². The van der Waals surface area contributed by atoms with Crippen LogP contribution in [-0.2, 0) is 18.1 Å². The first-order chi connectivity index (χ1) is 12.5. The molecule has 0 bridgehead atoms. The molecule has 0 aromatic rings. The lowest BCUT2D eigenvalue weighted by molar-refractivity contribution is 0.0217. The van der Waals surface area contributed by atoms with E-state index in [9.17, 15) is 4.57 Å². The van der Waals surface area contributed by atoms with Crippen LogP contribution in [0.15, 0.2) is 0 Å². The molecule has 0 amide bonds. The van der Waals surface area contributed by atoms with E-state index in [0.717, 1.165) is 57.8 Å². The maximum atomic E-state index is 13.4. The minimum atomic E-state index is -3.69. The lowest BCUT2D eigenvalue weighted by Crippen LogP contribution is -2.21. The number of alkyl halides is 3. The van der Waals surface area contributed by atoms with E-state index in [0.29, 0.717) is 17.6 Å². The summed E-state index contributed by atoms with van der Waals surface area (Å²) in [5.74, 6) is 1.64. The van der Waals surface area contributed by atoms with E-state index in [1.807, 2.05) is 20.8 Å². The van der Waals surface area contributed by atoms with Crippen LogP contribution in [0.2, 0.25) is 0 Å². The Morgan fingerprint density at radius 1 is 0.654 bits per heavy atom. The summed E-state index contributed by atoms with van der Waals surface area (Å²) in [5, 5.41) is 0. The standard InChI is InChI=1S/C18H36Cl3O4P/c1-4-16(10-7-13-19)23-26(22,24-17(5-2)11-8-14-20)25-18(6-3)12-9-15-21/h16-18H,4-15H2,1-3H3. The second-order valence-corrected chi connectivity index (χ2v) is 9.01. The van der Waals surface area contributed by atoms with Crippen molar-refractivity contribution >= 4 is 42.6 Å². The van der Waals surface area contributed by atoms with Crippen LogP contribution in [0.25, 0.3) is 0 Å². The number of hydrogen-bond donors (Lipinski definition) is 0. The van der Waals surface area contributed by atoms with Gasteiger partial charge >= 0.3 is 7.82 Å². The molecule has 0 N–H and O–H groups in total. The van der Waals surface area contributed by atoms with Gasteiger partial charge in [-0.05, 0) is 57.8 Å². The Kier molecular flexibility index (Phi) is 17.5. The van der Waals surface area contributed by atoms with Crippen molar-refractivity contribution in [3.8, 4) is 0 Å². The van der Waals surface area contributed by atoms with Crippen molar-refractivity contribution in [2.75, 3.05) is 17.6 Å². The van der Waals surface area contributed by atoms with Crippen molar-refractivity contribution in [3.63, 3.8) is 0 Å². The largest absolute Gasteiger partial charge is 0.475 e. The highest BCUT2D eigenvalue weighted by molar-refractivity contribution is 7.48. The molecule has 0 aliphatic heterocycles. The fraction of sp³-hybridized carbons (Fsp3) is 1.00. The summed E-state index contributed by atoms with van der Waals surface area (Å²) < 4.78 is 31.1. The van der Waals surface area contributed by atoms with Gasteiger partial charge in [-0.25, -0.2) is 4.57 Å². The van der Waals surface area contributed by atoms with E-state index in [4.69, 9.17) is 48.4 Å². The molecular weight excluding hydrogens is 418 g/mol. The van der Waals surface area contributed by atoms with Crippen molar-refractivity contribution in [1.29, 1.82) is 0 Å². The predicted octanol–water partition coefficient (Wildman–Crippen LogP) is 7.54. The summed E-state index contributed by atoms with van der Waals surface area (Å²) in [6.45, 7) is 6.00. The highest BCUT2D eigenvalue weighted by atomic mass is 35.5. The van der Waals surface area contributed by atoms with Crippen LogP contribution >= 0.6 is 42.6 Å². The zero-order valence-corrected chi connectivity index (χ0v) is 19.6. The molecule has 0 saturated carbocycles. The average molecular weight is 454 g/mol. The maximum Gasteiger partial charge on any atom is 0.475 e. The summed E-state index contributed by atoms with van der Waals surface area (Å²) in [7, 11) is -3.69. The molecule has 0 aromatic heterocycles. The summed E-state index contributed by atoms with van der Waals surface area (Å²) in [6, 6.07) is 0. The van der Waals surface area contributed by atoms with Gasteiger partial charge in [0, 0.05) is 17.6 Å². The van der Waals surface area contributed by atoms with Crippen LogP contribution in [0.4, 0.5) is 0 Å². The Morgan fingerprint density at radius 2 is 0.923 bits per heavy atom. The number of hydrogen-bond acceptors (Lipinski definition) is 4. The number of halogens is 3. The Morgan fingerprint density at radius 3 is 1.12 bits per heavy atom. The molecule has 4 nitrogen and oxygen atoms in total. The summed E-state index contributed by atoms with van der Waals surface area (Å²) in [5.41, 5.74) is 0. The zero-order chi connectivity index (χ0) is 19.8. The quantitative estimate of drug-likeness (QED) is 0.159. The van der Waals surface area contributed by atoms with Crippen LogP contribution in [0.5, 0.6) is 0 Å². The van der Waals surface area contributed by atoms with Crippen LogP contribution in [-0.4, -0.2) is 36.0 Å². The first kappa shape index (κ1) is 27.0. The molecule has 158 valence electrons. The fourth-order valence-electron chi connectivity index (χ4n) is 2.53. The van der Waals surface area contributed by atoms with E-state index < -0.39 is 7.82 Å². The van der Waals surface area contributed by atoms with E-state index >= 15 is 0 Å². The van der Waals surface area contributed by atoms with E-state index in [-0.39, 0.29) is 18.3 Å². The van der Waals surface area contributed by atoms with Crippen molar-refractivity contribution in [3.05, 3.63) is 0 Å². The lowest BCUT2D eigenvalue weighted by Gasteiger charge is -2.29. The molecule has 0 saturated heterocycles. The third kappa shape index (κ3) is 12.4. The van der Waals surface area contributed by atoms with Gasteiger partial charge in [0.25, 0.3) is 0 Å². The molecule has 3 atom stereocenters. The fourth-order valence-corrected chi connectivity index (χ4v) is 5.00. The predicted molar refractivity (Wildman–Crippen MR) is 113 cm³/mol. The van der Waals surface area contributed by atoms with Gasteiger partial charge < -0.3 is 0 Å². The molecule has 0 aliphatic rings. The normalized spacial score (nSPS) is 17.6. The summed E-state index contributed by atoms with van der Waals surface area (Å²) >= 11 is 17.4. The van der Waals surface area contributed by atoms with E-state index in [2.05, 4.69) is 0 Å². The van der Waals surface area contributed by atoms with Crippen molar-refractivity contribution in [1.82, 2.24) is 0 Å². The summed E-state index contributed by atoms with van der Waals surface area (Å²) in [4.78, 5) is 0. The van der Waals surface area contributed by atoms with Gasteiger partial charge in [-0.15, -0.1) is 34.8 Å². The highest BCUT2D eigenvalue weighted by Gasteiger charge is 2.35. The maximum absolute atomic E-state index is 13.4.